The smallest absolute Gasteiger partial charge is 0.0776 e. The van der Waals surface area contributed by atoms with Gasteiger partial charge in [0.25, 0.3) is 0 Å². The second kappa shape index (κ2) is 2.86. The van der Waals surface area contributed by atoms with Gasteiger partial charge in [0.1, 0.15) is 0 Å². The Labute approximate surface area is 109 Å². The highest BCUT2D eigenvalue weighted by Gasteiger charge is 2.67. The van der Waals surface area contributed by atoms with Crippen LogP contribution in [0.2, 0.25) is 0 Å². The monoisotopic (exact) mass is 242 g/mol. The van der Waals surface area contributed by atoms with Gasteiger partial charge in [-0.1, -0.05) is 0 Å². The average molecular weight is 242 g/mol. The zero-order valence-electron chi connectivity index (χ0n) is 10.9. The van der Waals surface area contributed by atoms with Gasteiger partial charge in [0.15, 0.2) is 0 Å². The maximum Gasteiger partial charge on any atom is 0.0776 e. The summed E-state index contributed by atoms with van der Waals surface area (Å²) in [6.45, 7) is 0. The topological polar surface area (TPSA) is 24.7 Å². The molecule has 0 aromatic rings. The molecule has 5 aliphatic carbocycles. The van der Waals surface area contributed by atoms with Gasteiger partial charge < -0.3 is 0 Å². The summed E-state index contributed by atoms with van der Waals surface area (Å²) in [5, 5.41) is 9.69. The van der Waals surface area contributed by atoms with Crippen molar-refractivity contribution in [2.75, 3.05) is 0 Å². The summed E-state index contributed by atoms with van der Waals surface area (Å²) in [6, 6.07) is 1.35. The third kappa shape index (κ3) is 0.849. The summed E-state index contributed by atoms with van der Waals surface area (Å²) in [5.41, 5.74) is 0. The molecule has 0 saturated heterocycles. The molecule has 2 nitrogen and oxygen atoms in total. The fraction of sp³-hybridized carbons (Fsp3) is 1.00. The van der Waals surface area contributed by atoms with E-state index in [2.05, 4.69) is 0 Å². The molecule has 0 amide bonds. The van der Waals surface area contributed by atoms with Crippen molar-refractivity contribution in [2.45, 2.75) is 50.6 Å². The second-order valence-electron chi connectivity index (χ2n) is 8.19. The third-order valence-electron chi connectivity index (χ3n) is 8.00. The van der Waals surface area contributed by atoms with E-state index in [0.29, 0.717) is 12.1 Å². The number of hydrogen-bond donors (Lipinski definition) is 0. The minimum atomic E-state index is 0.676. The first kappa shape index (κ1) is 9.50. The Balaban J connectivity index is 1.51. The van der Waals surface area contributed by atoms with Crippen molar-refractivity contribution < 1.29 is 0 Å². The molecule has 18 heavy (non-hydrogen) atoms. The molecule has 0 spiro atoms. The van der Waals surface area contributed by atoms with E-state index >= 15 is 0 Å². The normalized spacial score (nSPS) is 69.8. The van der Waals surface area contributed by atoms with Crippen LogP contribution < -0.4 is 0 Å². The van der Waals surface area contributed by atoms with E-state index in [4.69, 9.17) is 10.2 Å². The molecule has 6 bridgehead atoms. The van der Waals surface area contributed by atoms with Crippen molar-refractivity contribution in [3.63, 3.8) is 0 Å². The van der Waals surface area contributed by atoms with E-state index < -0.39 is 0 Å². The van der Waals surface area contributed by atoms with E-state index in [1.54, 1.807) is 12.8 Å². The fourth-order valence-electron chi connectivity index (χ4n) is 7.76. The zero-order chi connectivity index (χ0) is 11.4. The Morgan fingerprint density at radius 2 is 0.833 bits per heavy atom. The lowest BCUT2D eigenvalue weighted by Crippen LogP contribution is -2.57. The van der Waals surface area contributed by atoms with E-state index in [-0.39, 0.29) is 0 Å². The van der Waals surface area contributed by atoms with Crippen molar-refractivity contribution >= 4 is 0 Å². The first-order valence-electron chi connectivity index (χ1n) is 8.32. The fourth-order valence-corrected chi connectivity index (χ4v) is 7.76. The minimum Gasteiger partial charge on any atom is -0.190 e. The zero-order valence-corrected chi connectivity index (χ0v) is 10.9. The quantitative estimate of drug-likeness (QED) is 0.621. The van der Waals surface area contributed by atoms with Crippen LogP contribution in [0.25, 0.3) is 0 Å². The highest BCUT2D eigenvalue weighted by atomic mass is 15.2. The van der Waals surface area contributed by atoms with Crippen LogP contribution in [0.1, 0.15) is 38.5 Å². The molecular formula is C16H22N2. The Kier molecular flexibility index (Phi) is 1.51. The molecule has 0 aromatic carbocycles. The molecule has 7 rings (SSSR count). The van der Waals surface area contributed by atoms with Gasteiger partial charge in [-0.05, 0) is 85.9 Å². The Hall–Kier alpha value is -0.400. The van der Waals surface area contributed by atoms with Gasteiger partial charge >= 0.3 is 0 Å². The maximum absolute atomic E-state index is 4.85. The van der Waals surface area contributed by atoms with E-state index in [9.17, 15) is 0 Å². The lowest BCUT2D eigenvalue weighted by Gasteiger charge is -2.54. The van der Waals surface area contributed by atoms with Crippen LogP contribution in [0.3, 0.4) is 0 Å². The summed E-state index contributed by atoms with van der Waals surface area (Å²) in [4.78, 5) is 0. The largest absolute Gasteiger partial charge is 0.190 e. The highest BCUT2D eigenvalue weighted by molar-refractivity contribution is 5.19. The van der Waals surface area contributed by atoms with Crippen molar-refractivity contribution in [2.24, 2.45) is 57.6 Å². The predicted octanol–water partition coefficient (Wildman–Crippen LogP) is 3.53. The van der Waals surface area contributed by atoms with Crippen LogP contribution >= 0.6 is 0 Å². The van der Waals surface area contributed by atoms with Crippen LogP contribution in [0.4, 0.5) is 0 Å². The van der Waals surface area contributed by atoms with Crippen molar-refractivity contribution in [3.8, 4) is 0 Å². The summed E-state index contributed by atoms with van der Waals surface area (Å²) >= 11 is 0. The SMILES string of the molecule is C1C[C@@H]2C[C@H]1[C@H]1C3N=NC([C@H]21)[C@H]1[C@H]2CC[C@H](C2)[C@@H]31. The lowest BCUT2D eigenvalue weighted by molar-refractivity contribution is -0.0297. The molecule has 0 N–H and O–H groups in total. The van der Waals surface area contributed by atoms with Crippen molar-refractivity contribution in [3.05, 3.63) is 0 Å². The maximum atomic E-state index is 4.85. The van der Waals surface area contributed by atoms with Gasteiger partial charge in [0.05, 0.1) is 12.1 Å². The van der Waals surface area contributed by atoms with Gasteiger partial charge in [-0.15, -0.1) is 0 Å². The third-order valence-corrected chi connectivity index (χ3v) is 8.00. The van der Waals surface area contributed by atoms with Crippen LogP contribution in [0.15, 0.2) is 10.2 Å². The van der Waals surface area contributed by atoms with Crippen LogP contribution in [-0.4, -0.2) is 12.1 Å². The molecule has 2 heterocycles. The lowest BCUT2D eigenvalue weighted by atomic mass is 9.54. The van der Waals surface area contributed by atoms with Crippen LogP contribution in [-0.2, 0) is 0 Å². The molecule has 10 atom stereocenters. The molecule has 7 aliphatic rings. The molecule has 5 saturated carbocycles. The predicted molar refractivity (Wildman–Crippen MR) is 68.1 cm³/mol. The number of nitrogens with zero attached hydrogens (tertiary/aromatic N) is 2. The van der Waals surface area contributed by atoms with Gasteiger partial charge in [0, 0.05) is 0 Å². The Morgan fingerprint density at radius 3 is 1.17 bits per heavy atom. The number of azo groups is 1. The van der Waals surface area contributed by atoms with Crippen LogP contribution in [0, 0.1) is 47.3 Å². The Morgan fingerprint density at radius 1 is 0.500 bits per heavy atom. The molecule has 5 fully saturated rings. The molecule has 0 aromatic heterocycles. The van der Waals surface area contributed by atoms with Gasteiger partial charge in [0.2, 0.25) is 0 Å². The molecule has 96 valence electrons. The second-order valence-corrected chi connectivity index (χ2v) is 8.19. The summed E-state index contributed by atoms with van der Waals surface area (Å²) < 4.78 is 0. The first-order valence-corrected chi connectivity index (χ1v) is 8.32. The number of hydrogen-bond acceptors (Lipinski definition) is 2. The Bertz CT molecular complexity index is 372. The molecule has 2 heteroatoms. The summed E-state index contributed by atoms with van der Waals surface area (Å²) in [6.07, 6.45) is 9.18. The molecule has 0 radical (unpaired) electrons. The molecule has 2 aliphatic heterocycles. The van der Waals surface area contributed by atoms with Gasteiger partial charge in [-0.25, -0.2) is 0 Å². The number of rotatable bonds is 0. The van der Waals surface area contributed by atoms with Gasteiger partial charge in [-0.2, -0.15) is 10.2 Å². The van der Waals surface area contributed by atoms with Crippen molar-refractivity contribution in [1.82, 2.24) is 0 Å². The molecule has 2 unspecified atom stereocenters. The van der Waals surface area contributed by atoms with Crippen LogP contribution in [0.5, 0.6) is 0 Å². The standard InChI is InChI=1S/C16H22N2/c1-2-8-5-7(1)11-12(8)16-14-10-4-3-9(6-10)13(14)15(11)17-18-16/h7-16H,1-6H2/t7-,8+,9+,10-,11-,12-,13+,14-,15?,16?/m1/s1. The van der Waals surface area contributed by atoms with Gasteiger partial charge in [-0.3, -0.25) is 0 Å². The van der Waals surface area contributed by atoms with E-state index in [1.165, 1.54) is 25.7 Å². The van der Waals surface area contributed by atoms with Crippen molar-refractivity contribution in [1.29, 1.82) is 0 Å². The number of fused-ring (bicyclic) bond motifs is 4. The van der Waals surface area contributed by atoms with E-state index in [0.717, 1.165) is 47.3 Å². The summed E-state index contributed by atoms with van der Waals surface area (Å²) in [7, 11) is 0. The molecular weight excluding hydrogens is 220 g/mol. The average Bonchev–Trinajstić information content (AvgIpc) is 3.19. The minimum absolute atomic E-state index is 0.676. The van der Waals surface area contributed by atoms with E-state index in [1.807, 2.05) is 0 Å². The highest BCUT2D eigenvalue weighted by Crippen LogP contribution is 2.69. The first-order chi connectivity index (χ1) is 8.92. The summed E-state index contributed by atoms with van der Waals surface area (Å²) in [5.74, 6) is 8.11.